The van der Waals surface area contributed by atoms with Crippen molar-refractivity contribution in [3.8, 4) is 0 Å². The summed E-state index contributed by atoms with van der Waals surface area (Å²) >= 11 is 0. The van der Waals surface area contributed by atoms with E-state index in [0.29, 0.717) is 31.5 Å². The van der Waals surface area contributed by atoms with E-state index < -0.39 is 28.8 Å². The van der Waals surface area contributed by atoms with Crippen molar-refractivity contribution in [3.05, 3.63) is 35.6 Å². The quantitative estimate of drug-likeness (QED) is 0.909. The fourth-order valence-electron chi connectivity index (χ4n) is 2.86. The summed E-state index contributed by atoms with van der Waals surface area (Å²) in [5.41, 5.74) is 4.66. The van der Waals surface area contributed by atoms with Gasteiger partial charge in [0.1, 0.15) is 11.4 Å². The van der Waals surface area contributed by atoms with E-state index in [1.54, 1.807) is 37.8 Å². The molecule has 0 spiro atoms. The summed E-state index contributed by atoms with van der Waals surface area (Å²) in [5.74, 6) is -0.898. The van der Waals surface area contributed by atoms with E-state index in [2.05, 4.69) is 0 Å². The Morgan fingerprint density at radius 2 is 1.87 bits per heavy atom. The summed E-state index contributed by atoms with van der Waals surface area (Å²) < 4.78 is 18.9. The van der Waals surface area contributed by atoms with Crippen LogP contribution >= 0.6 is 0 Å². The summed E-state index contributed by atoms with van der Waals surface area (Å²) in [6.07, 6.45) is 0.297. The molecule has 2 amide bonds. The number of nitrogens with zero attached hydrogens (tertiary/aromatic N) is 1. The van der Waals surface area contributed by atoms with E-state index in [0.717, 1.165) is 0 Å². The first kappa shape index (κ1) is 17.2. The van der Waals surface area contributed by atoms with Crippen molar-refractivity contribution in [2.24, 2.45) is 5.73 Å². The number of amides is 2. The van der Waals surface area contributed by atoms with Crippen LogP contribution in [0.1, 0.15) is 39.2 Å². The molecule has 0 aromatic heterocycles. The van der Waals surface area contributed by atoms with Gasteiger partial charge in [-0.3, -0.25) is 4.79 Å². The number of halogens is 1. The molecule has 23 heavy (non-hydrogen) atoms. The molecule has 6 heteroatoms. The molecule has 1 aliphatic heterocycles. The molecule has 0 bridgehead atoms. The highest BCUT2D eigenvalue weighted by atomic mass is 19.1. The van der Waals surface area contributed by atoms with Gasteiger partial charge in [-0.05, 0) is 51.3 Å². The first-order valence-electron chi connectivity index (χ1n) is 7.68. The zero-order valence-electron chi connectivity index (χ0n) is 13.8. The van der Waals surface area contributed by atoms with Crippen molar-refractivity contribution in [2.45, 2.75) is 44.6 Å². The molecule has 1 saturated heterocycles. The Bertz CT molecular complexity index is 602. The number of piperidine rings is 1. The van der Waals surface area contributed by atoms with Crippen molar-refractivity contribution >= 4 is 12.0 Å². The molecule has 0 aliphatic carbocycles. The van der Waals surface area contributed by atoms with Gasteiger partial charge >= 0.3 is 6.09 Å². The average Bonchev–Trinajstić information content (AvgIpc) is 2.45. The number of hydrogen-bond donors (Lipinski definition) is 1. The van der Waals surface area contributed by atoms with Gasteiger partial charge in [0.25, 0.3) is 0 Å². The van der Waals surface area contributed by atoms with Crippen molar-refractivity contribution in [1.82, 2.24) is 4.90 Å². The van der Waals surface area contributed by atoms with Gasteiger partial charge < -0.3 is 15.4 Å². The molecular weight excluding hydrogens is 299 g/mol. The summed E-state index contributed by atoms with van der Waals surface area (Å²) in [5, 5.41) is 0. The maximum atomic E-state index is 13.5. The fraction of sp³-hybridized carbons (Fsp3) is 0.529. The van der Waals surface area contributed by atoms with Gasteiger partial charge in [0, 0.05) is 13.1 Å². The van der Waals surface area contributed by atoms with E-state index in [4.69, 9.17) is 10.5 Å². The van der Waals surface area contributed by atoms with Crippen LogP contribution in [0, 0.1) is 5.82 Å². The van der Waals surface area contributed by atoms with E-state index in [9.17, 15) is 14.0 Å². The first-order chi connectivity index (χ1) is 10.6. The number of carbonyl (C=O) groups is 2. The molecule has 2 N–H and O–H groups in total. The topological polar surface area (TPSA) is 72.6 Å². The second-order valence-corrected chi connectivity index (χ2v) is 6.92. The number of primary amides is 1. The highest BCUT2D eigenvalue weighted by molar-refractivity contribution is 5.87. The molecule has 1 aromatic rings. The van der Waals surface area contributed by atoms with Crippen LogP contribution in [0.5, 0.6) is 0 Å². The molecule has 0 saturated carbocycles. The lowest BCUT2D eigenvalue weighted by Gasteiger charge is -2.40. The van der Waals surface area contributed by atoms with E-state index in [-0.39, 0.29) is 0 Å². The Labute approximate surface area is 135 Å². The van der Waals surface area contributed by atoms with Crippen LogP contribution < -0.4 is 5.73 Å². The summed E-state index contributed by atoms with van der Waals surface area (Å²) in [4.78, 5) is 25.7. The number of carbonyl (C=O) groups excluding carboxylic acids is 2. The third-order valence-electron chi connectivity index (χ3n) is 4.12. The third-order valence-corrected chi connectivity index (χ3v) is 4.12. The number of benzene rings is 1. The average molecular weight is 322 g/mol. The number of rotatable bonds is 2. The van der Waals surface area contributed by atoms with Crippen LogP contribution in [0.2, 0.25) is 0 Å². The lowest BCUT2D eigenvalue weighted by Crippen LogP contribution is -2.52. The standard InChI is InChI=1S/C17H23FN2O3/c1-16(2,3)23-15(22)20-9-7-17(8-10-20,14(19)21)12-5-4-6-13(18)11-12/h4-6,11H,7-10H2,1-3H3,(H2,19,21). The van der Waals surface area contributed by atoms with Gasteiger partial charge in [0.15, 0.2) is 0 Å². The van der Waals surface area contributed by atoms with Crippen LogP contribution in [-0.2, 0) is 14.9 Å². The normalized spacial score (nSPS) is 17.7. The maximum absolute atomic E-state index is 13.5. The zero-order valence-corrected chi connectivity index (χ0v) is 13.8. The number of nitrogens with two attached hydrogens (primary N) is 1. The lowest BCUT2D eigenvalue weighted by molar-refractivity contribution is -0.125. The van der Waals surface area contributed by atoms with Crippen molar-refractivity contribution in [1.29, 1.82) is 0 Å². The molecule has 0 unspecified atom stereocenters. The van der Waals surface area contributed by atoms with Gasteiger partial charge in [-0.15, -0.1) is 0 Å². The van der Waals surface area contributed by atoms with Crippen molar-refractivity contribution < 1.29 is 18.7 Å². The highest BCUT2D eigenvalue weighted by Gasteiger charge is 2.43. The Kier molecular flexibility index (Phi) is 4.63. The maximum Gasteiger partial charge on any atom is 0.410 e. The van der Waals surface area contributed by atoms with Crippen LogP contribution in [0.4, 0.5) is 9.18 Å². The van der Waals surface area contributed by atoms with Gasteiger partial charge in [-0.2, -0.15) is 0 Å². The predicted molar refractivity (Wildman–Crippen MR) is 84.3 cm³/mol. The molecule has 0 radical (unpaired) electrons. The Hall–Kier alpha value is -2.11. The lowest BCUT2D eigenvalue weighted by atomic mass is 9.72. The zero-order chi connectivity index (χ0) is 17.3. The number of hydrogen-bond acceptors (Lipinski definition) is 3. The summed E-state index contributed by atoms with van der Waals surface area (Å²) in [7, 11) is 0. The Balaban J connectivity index is 2.16. The molecule has 5 nitrogen and oxygen atoms in total. The van der Waals surface area contributed by atoms with Crippen molar-refractivity contribution in [2.75, 3.05) is 13.1 Å². The molecule has 1 aliphatic rings. The van der Waals surface area contributed by atoms with Crippen LogP contribution in [0.3, 0.4) is 0 Å². The molecule has 126 valence electrons. The number of ether oxygens (including phenoxy) is 1. The Morgan fingerprint density at radius 1 is 1.26 bits per heavy atom. The fourth-order valence-corrected chi connectivity index (χ4v) is 2.86. The second-order valence-electron chi connectivity index (χ2n) is 6.92. The van der Waals surface area contributed by atoms with Crippen LogP contribution in [0.25, 0.3) is 0 Å². The minimum absolute atomic E-state index is 0.342. The van der Waals surface area contributed by atoms with E-state index >= 15 is 0 Å². The van der Waals surface area contributed by atoms with E-state index in [1.165, 1.54) is 12.1 Å². The molecule has 2 rings (SSSR count). The van der Waals surface area contributed by atoms with Gasteiger partial charge in [-0.25, -0.2) is 9.18 Å². The van der Waals surface area contributed by atoms with Gasteiger partial charge in [-0.1, -0.05) is 12.1 Å². The SMILES string of the molecule is CC(C)(C)OC(=O)N1CCC(C(N)=O)(c2cccc(F)c2)CC1. The monoisotopic (exact) mass is 322 g/mol. The summed E-state index contributed by atoms with van der Waals surface area (Å²) in [6.45, 7) is 6.09. The number of likely N-dealkylation sites (tertiary alicyclic amines) is 1. The van der Waals surface area contributed by atoms with E-state index in [1.807, 2.05) is 0 Å². The largest absolute Gasteiger partial charge is 0.444 e. The van der Waals surface area contributed by atoms with Crippen LogP contribution in [0.15, 0.2) is 24.3 Å². The summed E-state index contributed by atoms with van der Waals surface area (Å²) in [6, 6.07) is 5.94. The minimum Gasteiger partial charge on any atom is -0.444 e. The van der Waals surface area contributed by atoms with Gasteiger partial charge in [0.05, 0.1) is 5.41 Å². The smallest absolute Gasteiger partial charge is 0.410 e. The second kappa shape index (κ2) is 6.18. The molecule has 0 atom stereocenters. The first-order valence-corrected chi connectivity index (χ1v) is 7.68. The third kappa shape index (κ3) is 3.81. The predicted octanol–water partition coefficient (Wildman–Crippen LogP) is 2.58. The highest BCUT2D eigenvalue weighted by Crippen LogP contribution is 2.36. The Morgan fingerprint density at radius 3 is 2.35 bits per heavy atom. The molecule has 1 aromatic carbocycles. The molecule has 1 heterocycles. The van der Waals surface area contributed by atoms with Crippen molar-refractivity contribution in [3.63, 3.8) is 0 Å². The van der Waals surface area contributed by atoms with Gasteiger partial charge in [0.2, 0.25) is 5.91 Å². The minimum atomic E-state index is -0.944. The molecular formula is C17H23FN2O3. The molecule has 1 fully saturated rings. The van der Waals surface area contributed by atoms with Crippen LogP contribution in [-0.4, -0.2) is 35.6 Å².